The van der Waals surface area contributed by atoms with Gasteiger partial charge in [-0.3, -0.25) is 9.59 Å². The van der Waals surface area contributed by atoms with Crippen molar-refractivity contribution in [3.8, 4) is 0 Å². The number of nitrogens with one attached hydrogen (secondary N) is 1. The van der Waals surface area contributed by atoms with E-state index in [0.29, 0.717) is 5.76 Å². The van der Waals surface area contributed by atoms with Crippen LogP contribution < -0.4 is 5.32 Å². The van der Waals surface area contributed by atoms with Gasteiger partial charge in [0.2, 0.25) is 11.8 Å². The van der Waals surface area contributed by atoms with Crippen molar-refractivity contribution < 1.29 is 27.2 Å². The number of carbonyl (C=O) groups excluding carboxylic acids is 2. The van der Waals surface area contributed by atoms with E-state index in [-0.39, 0.29) is 31.1 Å². The van der Waals surface area contributed by atoms with Gasteiger partial charge in [0.15, 0.2) is 0 Å². The molecule has 0 saturated carbocycles. The van der Waals surface area contributed by atoms with Crippen LogP contribution in [-0.4, -0.2) is 23.3 Å². The lowest BCUT2D eigenvalue weighted by Crippen LogP contribution is -2.28. The molecule has 2 heterocycles. The lowest BCUT2D eigenvalue weighted by Gasteiger charge is -2.17. The lowest BCUT2D eigenvalue weighted by molar-refractivity contribution is -0.137. The molecule has 1 saturated heterocycles. The molecule has 8 heteroatoms. The van der Waals surface area contributed by atoms with Crippen LogP contribution >= 0.6 is 0 Å². The van der Waals surface area contributed by atoms with E-state index in [9.17, 15) is 22.8 Å². The van der Waals surface area contributed by atoms with Crippen molar-refractivity contribution >= 4 is 17.5 Å². The van der Waals surface area contributed by atoms with Gasteiger partial charge in [0.25, 0.3) is 0 Å². The molecule has 0 bridgehead atoms. The van der Waals surface area contributed by atoms with Gasteiger partial charge in [-0.05, 0) is 24.3 Å². The van der Waals surface area contributed by atoms with Gasteiger partial charge in [0, 0.05) is 13.0 Å². The third-order valence-corrected chi connectivity index (χ3v) is 4.00. The summed E-state index contributed by atoms with van der Waals surface area (Å²) in [4.78, 5) is 25.8. The zero-order valence-corrected chi connectivity index (χ0v) is 13.0. The Morgan fingerprint density at radius 1 is 1.24 bits per heavy atom. The maximum absolute atomic E-state index is 13.0. The molecule has 1 unspecified atom stereocenters. The highest BCUT2D eigenvalue weighted by molar-refractivity contribution is 5.97. The Balaban J connectivity index is 1.68. The minimum absolute atomic E-state index is 0.0409. The molecule has 1 aliphatic rings. The summed E-state index contributed by atoms with van der Waals surface area (Å²) < 4.78 is 44.1. The van der Waals surface area contributed by atoms with Gasteiger partial charge >= 0.3 is 6.18 Å². The Hall–Kier alpha value is -2.77. The first-order valence-electron chi connectivity index (χ1n) is 7.62. The highest BCUT2D eigenvalue weighted by atomic mass is 19.4. The first-order chi connectivity index (χ1) is 11.8. The van der Waals surface area contributed by atoms with E-state index in [1.165, 1.54) is 29.4 Å². The molecule has 132 valence electrons. The number of rotatable bonds is 4. The highest BCUT2D eigenvalue weighted by Gasteiger charge is 2.37. The van der Waals surface area contributed by atoms with Gasteiger partial charge in [0.1, 0.15) is 5.76 Å². The van der Waals surface area contributed by atoms with Crippen molar-refractivity contribution in [2.24, 2.45) is 5.92 Å². The third-order valence-electron chi connectivity index (χ3n) is 4.00. The molecule has 2 amide bonds. The Bertz CT molecular complexity index is 772. The van der Waals surface area contributed by atoms with Crippen molar-refractivity contribution in [1.29, 1.82) is 0 Å². The largest absolute Gasteiger partial charge is 0.467 e. The fraction of sp³-hybridized carbons (Fsp3) is 0.294. The standard InChI is InChI=1S/C17H15F3N2O3/c18-17(19,20)13-5-1-2-6-14(13)21-16(24)11-8-15(23)22(9-11)10-12-4-3-7-25-12/h1-7,11H,8-10H2,(H,21,24). The fourth-order valence-electron chi connectivity index (χ4n) is 2.77. The molecule has 1 fully saturated rings. The maximum Gasteiger partial charge on any atom is 0.418 e. The van der Waals surface area contributed by atoms with Crippen molar-refractivity contribution in [2.75, 3.05) is 11.9 Å². The van der Waals surface area contributed by atoms with E-state index in [4.69, 9.17) is 4.42 Å². The van der Waals surface area contributed by atoms with Gasteiger partial charge in [0.05, 0.1) is 30.0 Å². The van der Waals surface area contributed by atoms with Crippen molar-refractivity contribution in [2.45, 2.75) is 19.1 Å². The van der Waals surface area contributed by atoms with Gasteiger partial charge in [-0.1, -0.05) is 12.1 Å². The zero-order chi connectivity index (χ0) is 18.0. The number of benzene rings is 1. The second-order valence-electron chi connectivity index (χ2n) is 5.79. The number of anilines is 1. The third kappa shape index (κ3) is 3.84. The number of halogens is 3. The Morgan fingerprint density at radius 3 is 2.68 bits per heavy atom. The van der Waals surface area contributed by atoms with E-state index in [0.717, 1.165) is 6.07 Å². The summed E-state index contributed by atoms with van der Waals surface area (Å²) in [6, 6.07) is 8.15. The van der Waals surface area contributed by atoms with Crippen LogP contribution in [0.2, 0.25) is 0 Å². The fourth-order valence-corrected chi connectivity index (χ4v) is 2.77. The van der Waals surface area contributed by atoms with Gasteiger partial charge in [-0.2, -0.15) is 13.2 Å². The van der Waals surface area contributed by atoms with Crippen LogP contribution in [0.25, 0.3) is 0 Å². The number of amides is 2. The smallest absolute Gasteiger partial charge is 0.418 e. The van der Waals surface area contributed by atoms with Crippen LogP contribution in [0.5, 0.6) is 0 Å². The molecule has 5 nitrogen and oxygen atoms in total. The molecule has 2 aromatic rings. The summed E-state index contributed by atoms with van der Waals surface area (Å²) in [6.07, 6.45) is -3.13. The monoisotopic (exact) mass is 352 g/mol. The van der Waals surface area contributed by atoms with Crippen molar-refractivity contribution in [1.82, 2.24) is 4.90 Å². The topological polar surface area (TPSA) is 62.6 Å². The number of alkyl halides is 3. The molecule has 25 heavy (non-hydrogen) atoms. The van der Waals surface area contributed by atoms with E-state index < -0.39 is 23.6 Å². The van der Waals surface area contributed by atoms with Crippen LogP contribution in [0.4, 0.5) is 18.9 Å². The Morgan fingerprint density at radius 2 is 2.00 bits per heavy atom. The molecule has 0 radical (unpaired) electrons. The predicted molar refractivity (Wildman–Crippen MR) is 82.3 cm³/mol. The van der Waals surface area contributed by atoms with E-state index >= 15 is 0 Å². The molecule has 1 aliphatic heterocycles. The normalized spacial score (nSPS) is 17.8. The van der Waals surface area contributed by atoms with Crippen LogP contribution in [0.3, 0.4) is 0 Å². The summed E-state index contributed by atoms with van der Waals surface area (Å²) in [5, 5.41) is 2.30. The van der Waals surface area contributed by atoms with E-state index in [1.807, 2.05) is 0 Å². The lowest BCUT2D eigenvalue weighted by atomic mass is 10.1. The van der Waals surface area contributed by atoms with Crippen molar-refractivity contribution in [3.05, 3.63) is 54.0 Å². The van der Waals surface area contributed by atoms with Crippen LogP contribution in [-0.2, 0) is 22.3 Å². The Labute approximate surface area is 141 Å². The highest BCUT2D eigenvalue weighted by Crippen LogP contribution is 2.35. The van der Waals surface area contributed by atoms with Gasteiger partial charge in [-0.25, -0.2) is 0 Å². The number of carbonyl (C=O) groups is 2. The summed E-state index contributed by atoms with van der Waals surface area (Å²) in [7, 11) is 0. The van der Waals surface area contributed by atoms with Crippen LogP contribution in [0.1, 0.15) is 17.7 Å². The molecule has 0 aliphatic carbocycles. The first-order valence-corrected chi connectivity index (χ1v) is 7.62. The molecule has 1 aromatic carbocycles. The number of furan rings is 1. The van der Waals surface area contributed by atoms with E-state index in [2.05, 4.69) is 5.32 Å². The van der Waals surface area contributed by atoms with E-state index in [1.54, 1.807) is 12.1 Å². The molecular weight excluding hydrogens is 337 g/mol. The number of hydrogen-bond acceptors (Lipinski definition) is 3. The quantitative estimate of drug-likeness (QED) is 0.918. The second-order valence-corrected chi connectivity index (χ2v) is 5.79. The average molecular weight is 352 g/mol. The number of para-hydroxylation sites is 1. The second kappa shape index (κ2) is 6.62. The summed E-state index contributed by atoms with van der Waals surface area (Å²) >= 11 is 0. The van der Waals surface area contributed by atoms with Gasteiger partial charge < -0.3 is 14.6 Å². The predicted octanol–water partition coefficient (Wildman–Crippen LogP) is 3.29. The maximum atomic E-state index is 13.0. The number of likely N-dealkylation sites (tertiary alicyclic amines) is 1. The minimum atomic E-state index is -4.57. The average Bonchev–Trinajstić information content (AvgIpc) is 3.18. The SMILES string of the molecule is O=C(Nc1ccccc1C(F)(F)F)C1CC(=O)N(Cc2ccco2)C1. The Kier molecular flexibility index (Phi) is 4.52. The van der Waals surface area contributed by atoms with Gasteiger partial charge in [-0.15, -0.1) is 0 Å². The molecule has 1 N–H and O–H groups in total. The van der Waals surface area contributed by atoms with Crippen LogP contribution in [0.15, 0.2) is 47.1 Å². The first kappa shape index (κ1) is 17.1. The minimum Gasteiger partial charge on any atom is -0.467 e. The molecular formula is C17H15F3N2O3. The van der Waals surface area contributed by atoms with Crippen LogP contribution in [0, 0.1) is 5.92 Å². The summed E-state index contributed by atoms with van der Waals surface area (Å²) in [5.41, 5.74) is -1.22. The molecule has 0 spiro atoms. The molecule has 3 rings (SSSR count). The zero-order valence-electron chi connectivity index (χ0n) is 13.0. The summed E-state index contributed by atoms with van der Waals surface area (Å²) in [6.45, 7) is 0.369. The van der Waals surface area contributed by atoms with Crippen molar-refractivity contribution in [3.63, 3.8) is 0 Å². The summed E-state index contributed by atoms with van der Waals surface area (Å²) in [5.74, 6) is -0.965. The number of nitrogens with zero attached hydrogens (tertiary/aromatic N) is 1. The number of hydrogen-bond donors (Lipinski definition) is 1. The molecule has 1 aromatic heterocycles. The molecule has 1 atom stereocenters.